The van der Waals surface area contributed by atoms with Gasteiger partial charge in [-0.15, -0.1) is 5.06 Å². The van der Waals surface area contributed by atoms with Crippen molar-refractivity contribution in [3.05, 3.63) is 11.6 Å². The number of hydrogen-bond donors (Lipinski definition) is 0. The second kappa shape index (κ2) is 9.87. The summed E-state index contributed by atoms with van der Waals surface area (Å²) in [7, 11) is 0. The van der Waals surface area contributed by atoms with Crippen LogP contribution in [-0.2, 0) is 33.6 Å². The average Bonchev–Trinajstić information content (AvgIpc) is 3.37. The number of carbonyl (C=O) groups is 4. The maximum Gasteiger partial charge on any atom is 0.373 e. The molecule has 9 heteroatoms. The van der Waals surface area contributed by atoms with Crippen LogP contribution in [0.5, 0.6) is 0 Å². The third-order valence-electron chi connectivity index (χ3n) is 10.0. The van der Waals surface area contributed by atoms with Crippen LogP contribution in [0.1, 0.15) is 91.4 Å². The van der Waals surface area contributed by atoms with E-state index in [9.17, 15) is 19.2 Å². The normalized spacial score (nSPS) is 38.0. The van der Waals surface area contributed by atoms with E-state index < -0.39 is 24.4 Å². The second-order valence-electron chi connectivity index (χ2n) is 11.9. The van der Waals surface area contributed by atoms with Gasteiger partial charge in [-0.25, -0.2) is 4.79 Å². The predicted molar refractivity (Wildman–Crippen MR) is 132 cm³/mol. The minimum atomic E-state index is -0.827. The summed E-state index contributed by atoms with van der Waals surface area (Å²) in [6.07, 6.45) is 11.0. The van der Waals surface area contributed by atoms with E-state index in [2.05, 4.69) is 25.1 Å². The fourth-order valence-corrected chi connectivity index (χ4v) is 7.98. The van der Waals surface area contributed by atoms with Gasteiger partial charge in [-0.2, -0.15) is 0 Å². The number of hydrogen-bond acceptors (Lipinski definition) is 8. The first kappa shape index (κ1) is 25.9. The summed E-state index contributed by atoms with van der Waals surface area (Å²) in [4.78, 5) is 57.3. The lowest BCUT2D eigenvalue weighted by Gasteiger charge is -2.58. The van der Waals surface area contributed by atoms with Gasteiger partial charge in [0.25, 0.3) is 11.8 Å². The molecule has 0 N–H and O–H groups in total. The smallest absolute Gasteiger partial charge is 0.373 e. The number of ether oxygens (including phenoxy) is 1. The van der Waals surface area contributed by atoms with E-state index in [1.54, 1.807) is 0 Å². The van der Waals surface area contributed by atoms with Crippen LogP contribution in [0.3, 0.4) is 0 Å². The molecule has 0 unspecified atom stereocenters. The number of rotatable bonds is 6. The first-order valence-electron chi connectivity index (χ1n) is 13.8. The molecule has 0 aromatic heterocycles. The number of oxime groups is 1. The molecule has 5 aliphatic rings. The molecule has 2 amide bonds. The van der Waals surface area contributed by atoms with Gasteiger partial charge in [0.2, 0.25) is 6.61 Å². The summed E-state index contributed by atoms with van der Waals surface area (Å²) in [6.45, 7) is 6.16. The van der Waals surface area contributed by atoms with E-state index in [-0.39, 0.29) is 35.7 Å². The van der Waals surface area contributed by atoms with E-state index in [4.69, 9.17) is 14.4 Å². The molecule has 3 saturated carbocycles. The lowest BCUT2D eigenvalue weighted by Crippen LogP contribution is -2.51. The highest BCUT2D eigenvalue weighted by Crippen LogP contribution is 2.65. The van der Waals surface area contributed by atoms with E-state index in [1.807, 2.05) is 6.92 Å². The standard InChI is InChI=1S/C28H38N2O7/c1-4-25(33)36-22-8-7-20-19-6-5-17-15-18(11-13-27(17,2)21(19)12-14-28(20,22)3)29-35-16-26(34)37-30-23(31)9-10-24(30)32/h15,19-22H,4-14,16H2,1-3H3/b29-18-/t19-,20+,21-,22-,27+,28+/m1/s1. The molecule has 0 bridgehead atoms. The van der Waals surface area contributed by atoms with Crippen molar-refractivity contribution in [2.45, 2.75) is 97.5 Å². The Bertz CT molecular complexity index is 1040. The first-order valence-corrected chi connectivity index (χ1v) is 13.8. The van der Waals surface area contributed by atoms with Crippen LogP contribution in [0.4, 0.5) is 0 Å². The molecular weight excluding hydrogens is 476 g/mol. The quantitative estimate of drug-likeness (QED) is 0.296. The Hall–Kier alpha value is -2.71. The van der Waals surface area contributed by atoms with Crippen LogP contribution in [0.15, 0.2) is 16.8 Å². The highest BCUT2D eigenvalue weighted by Gasteiger charge is 2.59. The number of allylic oxidation sites excluding steroid dienone is 2. The van der Waals surface area contributed by atoms with Gasteiger partial charge in [0.05, 0.1) is 5.71 Å². The fraction of sp³-hybridized carbons (Fsp3) is 0.750. The number of nitrogens with zero attached hydrogens (tertiary/aromatic N) is 2. The number of esters is 1. The zero-order valence-electron chi connectivity index (χ0n) is 22.1. The van der Waals surface area contributed by atoms with Crippen LogP contribution < -0.4 is 0 Å². The van der Waals surface area contributed by atoms with Gasteiger partial charge >= 0.3 is 11.9 Å². The molecule has 1 heterocycles. The number of imide groups is 1. The number of amides is 2. The average molecular weight is 515 g/mol. The lowest BCUT2D eigenvalue weighted by atomic mass is 9.47. The summed E-state index contributed by atoms with van der Waals surface area (Å²) in [5.41, 5.74) is 2.42. The van der Waals surface area contributed by atoms with Crippen LogP contribution in [0, 0.1) is 28.6 Å². The molecule has 0 radical (unpaired) electrons. The highest BCUT2D eigenvalue weighted by molar-refractivity contribution is 6.01. The predicted octanol–water partition coefficient (Wildman–Crippen LogP) is 4.25. The third kappa shape index (κ3) is 4.59. The number of carbonyl (C=O) groups excluding carboxylic acids is 4. The lowest BCUT2D eigenvalue weighted by molar-refractivity contribution is -0.200. The minimum Gasteiger partial charge on any atom is -0.462 e. The Morgan fingerprint density at radius 1 is 0.973 bits per heavy atom. The molecule has 4 aliphatic carbocycles. The maximum absolute atomic E-state index is 12.0. The van der Waals surface area contributed by atoms with Gasteiger partial charge in [0.15, 0.2) is 0 Å². The monoisotopic (exact) mass is 514 g/mol. The van der Waals surface area contributed by atoms with Gasteiger partial charge in [0, 0.05) is 24.7 Å². The van der Waals surface area contributed by atoms with Crippen molar-refractivity contribution in [2.75, 3.05) is 6.61 Å². The summed E-state index contributed by atoms with van der Waals surface area (Å²) in [6, 6.07) is 0. The molecule has 1 aliphatic heterocycles. The van der Waals surface area contributed by atoms with Gasteiger partial charge < -0.3 is 14.4 Å². The summed E-state index contributed by atoms with van der Waals surface area (Å²) < 4.78 is 5.91. The fourth-order valence-electron chi connectivity index (χ4n) is 7.98. The molecule has 9 nitrogen and oxygen atoms in total. The summed E-state index contributed by atoms with van der Waals surface area (Å²) in [5, 5.41) is 4.69. The van der Waals surface area contributed by atoms with Gasteiger partial charge in [-0.3, -0.25) is 14.4 Å². The number of hydroxylamine groups is 2. The van der Waals surface area contributed by atoms with Crippen LogP contribution in [0.25, 0.3) is 0 Å². The molecule has 0 spiro atoms. The first-order chi connectivity index (χ1) is 17.7. The summed E-state index contributed by atoms with van der Waals surface area (Å²) in [5.74, 6) is -0.0951. The molecule has 6 atom stereocenters. The molecule has 0 aromatic carbocycles. The Morgan fingerprint density at radius 3 is 2.46 bits per heavy atom. The van der Waals surface area contributed by atoms with E-state index in [0.29, 0.717) is 29.2 Å². The molecule has 1 saturated heterocycles. The SMILES string of the molecule is CCC(=O)O[C@@H]1CC[C@H]2[C@H]3CCC4=C/C(=N\OCC(=O)ON5C(=O)CCC5=O)CC[C@]4(C)[C@@H]3CC[C@]12C. The molecule has 4 fully saturated rings. The van der Waals surface area contributed by atoms with Crippen molar-refractivity contribution in [3.8, 4) is 0 Å². The van der Waals surface area contributed by atoms with E-state index in [1.165, 1.54) is 5.57 Å². The van der Waals surface area contributed by atoms with Gasteiger partial charge in [-0.1, -0.05) is 31.5 Å². The molecular formula is C28H38N2O7. The van der Waals surface area contributed by atoms with E-state index >= 15 is 0 Å². The molecule has 0 aromatic rings. The second-order valence-corrected chi connectivity index (χ2v) is 11.9. The van der Waals surface area contributed by atoms with Crippen molar-refractivity contribution in [1.29, 1.82) is 0 Å². The largest absolute Gasteiger partial charge is 0.462 e. The van der Waals surface area contributed by atoms with Crippen molar-refractivity contribution < 1.29 is 33.6 Å². The Morgan fingerprint density at radius 2 is 1.73 bits per heavy atom. The van der Waals surface area contributed by atoms with Gasteiger partial charge in [-0.05, 0) is 80.6 Å². The van der Waals surface area contributed by atoms with Crippen molar-refractivity contribution in [1.82, 2.24) is 5.06 Å². The van der Waals surface area contributed by atoms with Gasteiger partial charge in [0.1, 0.15) is 6.10 Å². The highest BCUT2D eigenvalue weighted by atomic mass is 16.7. The molecule has 37 heavy (non-hydrogen) atoms. The van der Waals surface area contributed by atoms with Crippen molar-refractivity contribution in [3.63, 3.8) is 0 Å². The van der Waals surface area contributed by atoms with Crippen molar-refractivity contribution >= 4 is 29.5 Å². The van der Waals surface area contributed by atoms with Crippen LogP contribution in [-0.4, -0.2) is 47.2 Å². The van der Waals surface area contributed by atoms with Crippen LogP contribution in [0.2, 0.25) is 0 Å². The summed E-state index contributed by atoms with van der Waals surface area (Å²) >= 11 is 0. The van der Waals surface area contributed by atoms with Crippen molar-refractivity contribution in [2.24, 2.45) is 33.7 Å². The third-order valence-corrected chi connectivity index (χ3v) is 10.0. The molecule has 5 rings (SSSR count). The zero-order chi connectivity index (χ0) is 26.4. The zero-order valence-corrected chi connectivity index (χ0v) is 22.1. The molecule has 202 valence electrons. The minimum absolute atomic E-state index is 0.0475. The van der Waals surface area contributed by atoms with Crippen LogP contribution >= 0.6 is 0 Å². The Labute approximate surface area is 217 Å². The number of fused-ring (bicyclic) bond motifs is 5. The maximum atomic E-state index is 12.0. The van der Waals surface area contributed by atoms with E-state index in [0.717, 1.165) is 57.1 Å². The Balaban J connectivity index is 1.21. The topological polar surface area (TPSA) is 112 Å². The Kier molecular flexibility index (Phi) is 6.92.